The summed E-state index contributed by atoms with van der Waals surface area (Å²) < 4.78 is 13.9. The Balaban J connectivity index is 1.42. The van der Waals surface area contributed by atoms with Crippen LogP contribution in [0.1, 0.15) is 49.8 Å². The molecule has 5 rings (SSSR count). The average Bonchev–Trinajstić information content (AvgIpc) is 3.35. The van der Waals surface area contributed by atoms with Gasteiger partial charge in [0.15, 0.2) is 5.75 Å². The molecule has 3 fully saturated rings. The largest absolute Gasteiger partial charge is 0.505 e. The molecule has 4 heterocycles. The molecule has 3 saturated heterocycles. The monoisotopic (exact) mass is 510 g/mol. The summed E-state index contributed by atoms with van der Waals surface area (Å²) in [5.41, 5.74) is 1.27. The van der Waals surface area contributed by atoms with E-state index in [0.717, 1.165) is 43.3 Å². The first kappa shape index (κ1) is 25.8. The summed E-state index contributed by atoms with van der Waals surface area (Å²) >= 11 is 0. The molecule has 0 saturated carbocycles. The van der Waals surface area contributed by atoms with E-state index < -0.39 is 5.60 Å². The molecule has 10 nitrogen and oxygen atoms in total. The second-order valence-electron chi connectivity index (χ2n) is 10.8. The SMILES string of the molecule is C[C@@H]1COC(C2CC(n3cc(O)cn3)CCN2C)CN1c1cc(C(=N)C=N)cc(C2(O)CCCOC2)c1. The van der Waals surface area contributed by atoms with Crippen molar-refractivity contribution in [1.82, 2.24) is 14.7 Å². The maximum atomic E-state index is 11.4. The van der Waals surface area contributed by atoms with E-state index in [0.29, 0.717) is 31.7 Å². The molecule has 2 aromatic rings. The maximum Gasteiger partial charge on any atom is 0.153 e. The molecule has 0 amide bonds. The number of anilines is 1. The second kappa shape index (κ2) is 10.5. The van der Waals surface area contributed by atoms with E-state index in [4.69, 9.17) is 20.3 Å². The molecular weight excluding hydrogens is 472 g/mol. The summed E-state index contributed by atoms with van der Waals surface area (Å²) in [6.07, 6.45) is 7.38. The minimum atomic E-state index is -1.10. The fraction of sp³-hybridized carbons (Fsp3) is 0.593. The van der Waals surface area contributed by atoms with Crippen LogP contribution in [-0.2, 0) is 15.1 Å². The fourth-order valence-electron chi connectivity index (χ4n) is 5.96. The third-order valence-electron chi connectivity index (χ3n) is 8.21. The van der Waals surface area contributed by atoms with Crippen LogP contribution >= 0.6 is 0 Å². The average molecular weight is 511 g/mol. The zero-order chi connectivity index (χ0) is 26.2. The third kappa shape index (κ3) is 5.29. The van der Waals surface area contributed by atoms with Crippen molar-refractivity contribution in [1.29, 1.82) is 10.8 Å². The van der Waals surface area contributed by atoms with Crippen LogP contribution < -0.4 is 4.90 Å². The number of ether oxygens (including phenoxy) is 2. The number of benzene rings is 1. The van der Waals surface area contributed by atoms with Crippen LogP contribution in [0.2, 0.25) is 0 Å². The lowest BCUT2D eigenvalue weighted by atomic mass is 9.86. The van der Waals surface area contributed by atoms with Gasteiger partial charge in [0.25, 0.3) is 0 Å². The Hall–Kier alpha value is -2.79. The molecule has 1 aromatic carbocycles. The first-order valence-electron chi connectivity index (χ1n) is 13.1. The van der Waals surface area contributed by atoms with E-state index in [2.05, 4.69) is 28.9 Å². The highest BCUT2D eigenvalue weighted by atomic mass is 16.5. The number of hydrogen-bond acceptors (Lipinski definition) is 9. The van der Waals surface area contributed by atoms with Gasteiger partial charge in [-0.25, -0.2) is 0 Å². The van der Waals surface area contributed by atoms with Crippen molar-refractivity contribution in [3.63, 3.8) is 0 Å². The van der Waals surface area contributed by atoms with Crippen molar-refractivity contribution in [3.05, 3.63) is 41.7 Å². The summed E-state index contributed by atoms with van der Waals surface area (Å²) in [6, 6.07) is 6.28. The number of aliphatic hydroxyl groups is 1. The van der Waals surface area contributed by atoms with E-state index in [1.807, 2.05) is 22.9 Å². The predicted molar refractivity (Wildman–Crippen MR) is 141 cm³/mol. The van der Waals surface area contributed by atoms with Gasteiger partial charge in [0.2, 0.25) is 0 Å². The molecule has 5 atom stereocenters. The highest BCUT2D eigenvalue weighted by Crippen LogP contribution is 2.36. The van der Waals surface area contributed by atoms with Crippen molar-refractivity contribution < 1.29 is 19.7 Å². The fourth-order valence-corrected chi connectivity index (χ4v) is 5.96. The topological polar surface area (TPSA) is 131 Å². The number of nitrogens with zero attached hydrogens (tertiary/aromatic N) is 4. The molecule has 3 aliphatic rings. The lowest BCUT2D eigenvalue weighted by molar-refractivity contribution is -0.0902. The number of morpholine rings is 1. The van der Waals surface area contributed by atoms with Crippen LogP contribution in [-0.4, -0.2) is 95.0 Å². The normalized spacial score (nSPS) is 31.3. The molecule has 0 radical (unpaired) electrons. The van der Waals surface area contributed by atoms with Gasteiger partial charge in [0.1, 0.15) is 5.60 Å². The van der Waals surface area contributed by atoms with Gasteiger partial charge in [-0.15, -0.1) is 0 Å². The van der Waals surface area contributed by atoms with Gasteiger partial charge in [-0.05, 0) is 63.4 Å². The molecule has 200 valence electrons. The number of rotatable bonds is 6. The zero-order valence-corrected chi connectivity index (χ0v) is 21.6. The Morgan fingerprint density at radius 1 is 1.30 bits per heavy atom. The van der Waals surface area contributed by atoms with Crippen LogP contribution in [0.25, 0.3) is 0 Å². The van der Waals surface area contributed by atoms with Gasteiger partial charge in [-0.2, -0.15) is 5.10 Å². The number of likely N-dealkylation sites (N-methyl/N-ethyl adjacent to an activating group) is 1. The van der Waals surface area contributed by atoms with Crippen LogP contribution in [0, 0.1) is 10.8 Å². The van der Waals surface area contributed by atoms with E-state index in [9.17, 15) is 10.2 Å². The van der Waals surface area contributed by atoms with Gasteiger partial charge >= 0.3 is 0 Å². The Morgan fingerprint density at radius 2 is 2.14 bits per heavy atom. The number of likely N-dealkylation sites (tertiary alicyclic amines) is 1. The molecule has 4 N–H and O–H groups in total. The third-order valence-corrected chi connectivity index (χ3v) is 8.21. The quantitative estimate of drug-likeness (QED) is 0.439. The molecule has 0 bridgehead atoms. The minimum absolute atomic E-state index is 0.0384. The molecule has 10 heteroatoms. The van der Waals surface area contributed by atoms with Crippen molar-refractivity contribution in [2.45, 2.75) is 62.4 Å². The summed E-state index contributed by atoms with van der Waals surface area (Å²) in [7, 11) is 2.13. The molecule has 0 aliphatic carbocycles. The number of aromatic hydroxyl groups is 1. The first-order valence-corrected chi connectivity index (χ1v) is 13.1. The van der Waals surface area contributed by atoms with Gasteiger partial charge in [0.05, 0.1) is 43.5 Å². The second-order valence-corrected chi connectivity index (χ2v) is 10.8. The molecule has 4 unspecified atom stereocenters. The Labute approximate surface area is 217 Å². The van der Waals surface area contributed by atoms with E-state index in [1.54, 1.807) is 6.20 Å². The smallest absolute Gasteiger partial charge is 0.153 e. The maximum absolute atomic E-state index is 11.4. The van der Waals surface area contributed by atoms with Crippen LogP contribution in [0.3, 0.4) is 0 Å². The van der Waals surface area contributed by atoms with Gasteiger partial charge in [0, 0.05) is 49.2 Å². The summed E-state index contributed by atoms with van der Waals surface area (Å²) in [4.78, 5) is 4.66. The predicted octanol–water partition coefficient (Wildman–Crippen LogP) is 2.53. The zero-order valence-electron chi connectivity index (χ0n) is 21.6. The Morgan fingerprint density at radius 3 is 2.84 bits per heavy atom. The molecule has 3 aliphatic heterocycles. The number of hydrogen-bond donors (Lipinski definition) is 4. The lowest BCUT2D eigenvalue weighted by Crippen LogP contribution is -2.57. The van der Waals surface area contributed by atoms with Crippen LogP contribution in [0.15, 0.2) is 30.6 Å². The molecule has 0 spiro atoms. The molecule has 1 aromatic heterocycles. The number of piperidine rings is 1. The molecule has 37 heavy (non-hydrogen) atoms. The standard InChI is InChI=1S/C27H38N6O4/c1-18-16-37-26(25-11-21(4-6-31(25)2)33-14-23(34)13-30-33)15-32(18)22-9-19(24(29)12-28)8-20(10-22)27(35)5-3-7-36-17-27/h8-10,12-14,18,21,25-26,28-29,34-35H,3-7,11,15-17H2,1-2H3/t18-,21?,25?,26?,27?/m1/s1. The summed E-state index contributed by atoms with van der Waals surface area (Å²) in [6.45, 7) is 5.14. The van der Waals surface area contributed by atoms with Crippen molar-refractivity contribution in [2.75, 3.05) is 44.9 Å². The highest BCUT2D eigenvalue weighted by Gasteiger charge is 2.39. The minimum Gasteiger partial charge on any atom is -0.505 e. The Kier molecular flexibility index (Phi) is 7.35. The van der Waals surface area contributed by atoms with Crippen molar-refractivity contribution in [2.24, 2.45) is 0 Å². The van der Waals surface area contributed by atoms with E-state index in [-0.39, 0.29) is 42.3 Å². The van der Waals surface area contributed by atoms with Crippen LogP contribution in [0.4, 0.5) is 5.69 Å². The lowest BCUT2D eigenvalue weighted by Gasteiger charge is -2.47. The van der Waals surface area contributed by atoms with Gasteiger partial charge in [-0.3, -0.25) is 10.1 Å². The first-order chi connectivity index (χ1) is 17.8. The van der Waals surface area contributed by atoms with Gasteiger partial charge in [-0.1, -0.05) is 0 Å². The Bertz CT molecular complexity index is 1130. The summed E-state index contributed by atoms with van der Waals surface area (Å²) in [5.74, 6) is 0.181. The van der Waals surface area contributed by atoms with Crippen LogP contribution in [0.5, 0.6) is 5.75 Å². The summed E-state index contributed by atoms with van der Waals surface area (Å²) in [5, 5.41) is 41.5. The van der Waals surface area contributed by atoms with E-state index in [1.165, 1.54) is 6.20 Å². The van der Waals surface area contributed by atoms with E-state index >= 15 is 0 Å². The molecular formula is C27H38N6O4. The number of aromatic nitrogens is 2. The number of nitrogens with one attached hydrogen (secondary N) is 2. The van der Waals surface area contributed by atoms with Crippen molar-refractivity contribution >= 4 is 17.6 Å². The highest BCUT2D eigenvalue weighted by molar-refractivity contribution is 6.35. The van der Waals surface area contributed by atoms with Gasteiger partial charge < -0.3 is 34.9 Å². The van der Waals surface area contributed by atoms with Crippen molar-refractivity contribution in [3.8, 4) is 5.75 Å².